The van der Waals surface area contributed by atoms with Crippen molar-refractivity contribution in [3.63, 3.8) is 0 Å². The number of morpholine rings is 1. The van der Waals surface area contributed by atoms with Gasteiger partial charge in [-0.25, -0.2) is 4.79 Å². The number of rotatable bonds is 3. The van der Waals surface area contributed by atoms with Crippen molar-refractivity contribution in [1.82, 2.24) is 10.2 Å². The molecule has 3 rings (SSSR count). The molecular formula is C16H25Cl2N3O3. The highest BCUT2D eigenvalue weighted by Gasteiger charge is 2.23. The first-order chi connectivity index (χ1) is 10.8. The van der Waals surface area contributed by atoms with Gasteiger partial charge in [-0.3, -0.25) is 0 Å². The highest BCUT2D eigenvalue weighted by molar-refractivity contribution is 5.85. The van der Waals surface area contributed by atoms with Crippen LogP contribution in [0.5, 0.6) is 0 Å². The van der Waals surface area contributed by atoms with Crippen molar-refractivity contribution >= 4 is 36.6 Å². The van der Waals surface area contributed by atoms with Crippen molar-refractivity contribution in [3.8, 4) is 0 Å². The van der Waals surface area contributed by atoms with E-state index in [0.29, 0.717) is 26.3 Å². The Kier molecular flexibility index (Phi) is 9.21. The standard InChI is InChI=1S/C16H23N3O3.2ClH/c20-16(22-13-15-12-17-6-11-21-15)19-9-7-18(8-10-19)14-4-2-1-3-5-14;;/h1-5,15,17H,6-13H2;2*1H. The number of halogens is 2. The zero-order chi connectivity index (χ0) is 15.2. The lowest BCUT2D eigenvalue weighted by atomic mass is 10.2. The van der Waals surface area contributed by atoms with Crippen LogP contribution in [-0.2, 0) is 9.47 Å². The summed E-state index contributed by atoms with van der Waals surface area (Å²) in [7, 11) is 0. The molecule has 136 valence electrons. The molecular weight excluding hydrogens is 353 g/mol. The van der Waals surface area contributed by atoms with E-state index in [-0.39, 0.29) is 37.0 Å². The predicted octanol–water partition coefficient (Wildman–Crippen LogP) is 1.78. The number of carbonyl (C=O) groups excluding carboxylic acids is 1. The minimum absolute atomic E-state index is 0. The summed E-state index contributed by atoms with van der Waals surface area (Å²) >= 11 is 0. The molecule has 2 fully saturated rings. The van der Waals surface area contributed by atoms with Gasteiger partial charge in [0.25, 0.3) is 0 Å². The Bertz CT molecular complexity index is 479. The molecule has 2 aliphatic heterocycles. The van der Waals surface area contributed by atoms with Crippen LogP contribution < -0.4 is 10.2 Å². The van der Waals surface area contributed by atoms with E-state index in [2.05, 4.69) is 22.3 Å². The molecule has 0 bridgehead atoms. The van der Waals surface area contributed by atoms with E-state index in [0.717, 1.165) is 26.2 Å². The van der Waals surface area contributed by atoms with Gasteiger partial charge in [0, 0.05) is 45.0 Å². The quantitative estimate of drug-likeness (QED) is 0.869. The van der Waals surface area contributed by atoms with Gasteiger partial charge in [0.15, 0.2) is 0 Å². The average Bonchev–Trinajstić information content (AvgIpc) is 2.61. The summed E-state index contributed by atoms with van der Waals surface area (Å²) in [5.74, 6) is 0. The third-order valence-electron chi connectivity index (χ3n) is 4.06. The molecule has 6 nitrogen and oxygen atoms in total. The summed E-state index contributed by atoms with van der Waals surface area (Å²) in [5.41, 5.74) is 1.21. The fourth-order valence-corrected chi connectivity index (χ4v) is 2.77. The number of nitrogens with one attached hydrogen (secondary N) is 1. The maximum Gasteiger partial charge on any atom is 0.409 e. The minimum atomic E-state index is -0.234. The number of ether oxygens (including phenoxy) is 2. The second-order valence-electron chi connectivity index (χ2n) is 5.58. The summed E-state index contributed by atoms with van der Waals surface area (Å²) in [6.07, 6.45) is -0.259. The highest BCUT2D eigenvalue weighted by Crippen LogP contribution is 2.15. The lowest BCUT2D eigenvalue weighted by Crippen LogP contribution is -2.49. The van der Waals surface area contributed by atoms with Crippen LogP contribution >= 0.6 is 24.8 Å². The molecule has 2 heterocycles. The Hall–Kier alpha value is -1.21. The maximum atomic E-state index is 12.1. The molecule has 0 spiro atoms. The smallest absolute Gasteiger partial charge is 0.409 e. The molecule has 0 saturated carbocycles. The van der Waals surface area contributed by atoms with Gasteiger partial charge in [0.1, 0.15) is 12.7 Å². The molecule has 2 saturated heterocycles. The number of anilines is 1. The van der Waals surface area contributed by atoms with E-state index >= 15 is 0 Å². The van der Waals surface area contributed by atoms with E-state index < -0.39 is 0 Å². The summed E-state index contributed by atoms with van der Waals surface area (Å²) in [6.45, 7) is 5.67. The van der Waals surface area contributed by atoms with Crippen LogP contribution in [0, 0.1) is 0 Å². The summed E-state index contributed by atoms with van der Waals surface area (Å²) in [6, 6.07) is 10.3. The first kappa shape index (κ1) is 20.8. The van der Waals surface area contributed by atoms with E-state index in [1.807, 2.05) is 18.2 Å². The van der Waals surface area contributed by atoms with Crippen molar-refractivity contribution < 1.29 is 14.3 Å². The fourth-order valence-electron chi connectivity index (χ4n) is 2.77. The Morgan fingerprint density at radius 1 is 1.17 bits per heavy atom. The average molecular weight is 378 g/mol. The van der Waals surface area contributed by atoms with E-state index in [1.165, 1.54) is 5.69 Å². The van der Waals surface area contributed by atoms with Gasteiger partial charge in [-0.05, 0) is 12.1 Å². The Morgan fingerprint density at radius 2 is 1.88 bits per heavy atom. The molecule has 1 aromatic rings. The van der Waals surface area contributed by atoms with Crippen molar-refractivity contribution in [1.29, 1.82) is 0 Å². The number of benzene rings is 1. The van der Waals surface area contributed by atoms with Crippen LogP contribution in [0.2, 0.25) is 0 Å². The molecule has 24 heavy (non-hydrogen) atoms. The van der Waals surface area contributed by atoms with Gasteiger partial charge in [0.2, 0.25) is 0 Å². The maximum absolute atomic E-state index is 12.1. The number of amides is 1. The van der Waals surface area contributed by atoms with Gasteiger partial charge in [-0.15, -0.1) is 24.8 Å². The van der Waals surface area contributed by atoms with Crippen LogP contribution in [0.1, 0.15) is 0 Å². The number of para-hydroxylation sites is 1. The minimum Gasteiger partial charge on any atom is -0.447 e. The molecule has 1 atom stereocenters. The third kappa shape index (κ3) is 5.70. The lowest BCUT2D eigenvalue weighted by Gasteiger charge is -2.35. The number of carbonyl (C=O) groups is 1. The van der Waals surface area contributed by atoms with E-state index in [9.17, 15) is 4.79 Å². The SMILES string of the molecule is Cl.Cl.O=C(OCC1CNCCO1)N1CCN(c2ccccc2)CC1. The molecule has 1 aromatic carbocycles. The molecule has 1 unspecified atom stereocenters. The number of hydrogen-bond acceptors (Lipinski definition) is 5. The zero-order valence-corrected chi connectivity index (χ0v) is 15.2. The second-order valence-corrected chi connectivity index (χ2v) is 5.58. The molecule has 8 heteroatoms. The first-order valence-electron chi connectivity index (χ1n) is 7.87. The van der Waals surface area contributed by atoms with Crippen LogP contribution in [0.25, 0.3) is 0 Å². The van der Waals surface area contributed by atoms with Crippen LogP contribution in [0.3, 0.4) is 0 Å². The largest absolute Gasteiger partial charge is 0.447 e. The fraction of sp³-hybridized carbons (Fsp3) is 0.562. The topological polar surface area (TPSA) is 54.0 Å². The van der Waals surface area contributed by atoms with Gasteiger partial charge < -0.3 is 24.6 Å². The van der Waals surface area contributed by atoms with Crippen LogP contribution in [0.15, 0.2) is 30.3 Å². The molecule has 0 aromatic heterocycles. The monoisotopic (exact) mass is 377 g/mol. The molecule has 1 amide bonds. The summed E-state index contributed by atoms with van der Waals surface area (Å²) < 4.78 is 10.9. The number of hydrogen-bond donors (Lipinski definition) is 1. The van der Waals surface area contributed by atoms with Crippen LogP contribution in [-0.4, -0.2) is 69.6 Å². The van der Waals surface area contributed by atoms with Gasteiger partial charge in [-0.2, -0.15) is 0 Å². The van der Waals surface area contributed by atoms with E-state index in [1.54, 1.807) is 4.90 Å². The lowest BCUT2D eigenvalue weighted by molar-refractivity contribution is -0.0186. The second kappa shape index (κ2) is 10.6. The van der Waals surface area contributed by atoms with Gasteiger partial charge >= 0.3 is 6.09 Å². The molecule has 0 aliphatic carbocycles. The summed E-state index contributed by atoms with van der Waals surface area (Å²) in [4.78, 5) is 16.2. The summed E-state index contributed by atoms with van der Waals surface area (Å²) in [5, 5.41) is 3.23. The Labute approximate surface area is 155 Å². The number of piperazine rings is 1. The predicted molar refractivity (Wildman–Crippen MR) is 98.7 cm³/mol. The van der Waals surface area contributed by atoms with Crippen molar-refractivity contribution in [2.75, 3.05) is 57.4 Å². The van der Waals surface area contributed by atoms with E-state index in [4.69, 9.17) is 9.47 Å². The highest BCUT2D eigenvalue weighted by atomic mass is 35.5. The normalized spacial score (nSPS) is 20.6. The van der Waals surface area contributed by atoms with Crippen molar-refractivity contribution in [2.24, 2.45) is 0 Å². The Morgan fingerprint density at radius 3 is 2.50 bits per heavy atom. The zero-order valence-electron chi connectivity index (χ0n) is 13.6. The van der Waals surface area contributed by atoms with Crippen molar-refractivity contribution in [3.05, 3.63) is 30.3 Å². The Balaban J connectivity index is 0.00000144. The molecule has 0 radical (unpaired) electrons. The van der Waals surface area contributed by atoms with Crippen LogP contribution in [0.4, 0.5) is 10.5 Å². The first-order valence-corrected chi connectivity index (χ1v) is 7.87. The van der Waals surface area contributed by atoms with Gasteiger partial charge in [-0.1, -0.05) is 18.2 Å². The molecule has 1 N–H and O–H groups in total. The molecule has 2 aliphatic rings. The third-order valence-corrected chi connectivity index (χ3v) is 4.06. The van der Waals surface area contributed by atoms with Crippen molar-refractivity contribution in [2.45, 2.75) is 6.10 Å². The van der Waals surface area contributed by atoms with Gasteiger partial charge in [0.05, 0.1) is 6.61 Å². The number of nitrogens with zero attached hydrogens (tertiary/aromatic N) is 2.